The molecule has 0 spiro atoms. The normalized spacial score (nSPS) is 17.8. The van der Waals surface area contributed by atoms with Gasteiger partial charge in [-0.25, -0.2) is 0 Å². The van der Waals surface area contributed by atoms with E-state index in [1.54, 1.807) is 0 Å². The number of nitrogens with one attached hydrogen (secondary N) is 2. The maximum absolute atomic E-state index is 11.7. The fourth-order valence-corrected chi connectivity index (χ4v) is 2.35. The number of aryl methyl sites for hydroxylation is 1. The zero-order valence-electron chi connectivity index (χ0n) is 11.2. The van der Waals surface area contributed by atoms with Gasteiger partial charge in [-0.15, -0.1) is 12.4 Å². The van der Waals surface area contributed by atoms with Gasteiger partial charge in [0.1, 0.15) is 0 Å². The van der Waals surface area contributed by atoms with Crippen molar-refractivity contribution in [1.82, 2.24) is 10.6 Å². The quantitative estimate of drug-likeness (QED) is 0.841. The summed E-state index contributed by atoms with van der Waals surface area (Å²) < 4.78 is 0. The van der Waals surface area contributed by atoms with E-state index in [9.17, 15) is 4.79 Å². The van der Waals surface area contributed by atoms with Crippen LogP contribution in [-0.4, -0.2) is 25.0 Å². The fraction of sp³-hybridized carbons (Fsp3) is 0.533. The highest BCUT2D eigenvalue weighted by Gasteiger charge is 2.14. The monoisotopic (exact) mass is 282 g/mol. The summed E-state index contributed by atoms with van der Waals surface area (Å²) in [6, 6.07) is 10.8. The Bertz CT molecular complexity index is 364. The number of hydrogen-bond donors (Lipinski definition) is 2. The Balaban J connectivity index is 0.00000180. The van der Waals surface area contributed by atoms with E-state index < -0.39 is 0 Å². The zero-order valence-corrected chi connectivity index (χ0v) is 12.0. The Labute approximate surface area is 121 Å². The molecule has 19 heavy (non-hydrogen) atoms. The maximum atomic E-state index is 11.7. The standard InChI is InChI=1S/C15H22N2O.ClH/c18-15(17-12-14-9-5-11-16-14)10-4-8-13-6-2-1-3-7-13;/h1-3,6-7,14,16H,4-5,8-12H2,(H,17,18);1H. The van der Waals surface area contributed by atoms with Gasteiger partial charge in [-0.3, -0.25) is 4.79 Å². The van der Waals surface area contributed by atoms with Crippen molar-refractivity contribution in [1.29, 1.82) is 0 Å². The van der Waals surface area contributed by atoms with Crippen molar-refractivity contribution in [2.75, 3.05) is 13.1 Å². The molecule has 1 aliphatic heterocycles. The molecular formula is C15H23ClN2O. The van der Waals surface area contributed by atoms with E-state index in [1.807, 2.05) is 18.2 Å². The van der Waals surface area contributed by atoms with E-state index in [-0.39, 0.29) is 18.3 Å². The van der Waals surface area contributed by atoms with Crippen LogP contribution < -0.4 is 10.6 Å². The van der Waals surface area contributed by atoms with Crippen molar-refractivity contribution in [2.45, 2.75) is 38.1 Å². The smallest absolute Gasteiger partial charge is 0.220 e. The molecule has 1 aromatic carbocycles. The van der Waals surface area contributed by atoms with Gasteiger partial charge < -0.3 is 10.6 Å². The first-order valence-electron chi connectivity index (χ1n) is 6.88. The molecule has 2 rings (SSSR count). The van der Waals surface area contributed by atoms with Crippen molar-refractivity contribution >= 4 is 18.3 Å². The van der Waals surface area contributed by atoms with E-state index in [0.29, 0.717) is 12.5 Å². The number of carbonyl (C=O) groups excluding carboxylic acids is 1. The zero-order chi connectivity index (χ0) is 12.6. The lowest BCUT2D eigenvalue weighted by atomic mass is 10.1. The molecular weight excluding hydrogens is 260 g/mol. The van der Waals surface area contributed by atoms with Crippen molar-refractivity contribution in [3.63, 3.8) is 0 Å². The number of hydrogen-bond acceptors (Lipinski definition) is 2. The SMILES string of the molecule is Cl.O=C(CCCc1ccccc1)NCC1CCCN1. The molecule has 4 heteroatoms. The van der Waals surface area contributed by atoms with Gasteiger partial charge in [0.2, 0.25) is 5.91 Å². The van der Waals surface area contributed by atoms with Gasteiger partial charge in [-0.05, 0) is 37.8 Å². The van der Waals surface area contributed by atoms with Gasteiger partial charge in [-0.2, -0.15) is 0 Å². The Hall–Kier alpha value is -1.06. The van der Waals surface area contributed by atoms with E-state index in [1.165, 1.54) is 18.4 Å². The Kier molecular flexibility index (Phi) is 7.53. The Morgan fingerprint density at radius 3 is 2.79 bits per heavy atom. The molecule has 1 amide bonds. The lowest BCUT2D eigenvalue weighted by molar-refractivity contribution is -0.121. The van der Waals surface area contributed by atoms with Crippen molar-refractivity contribution < 1.29 is 4.79 Å². The number of carbonyl (C=O) groups is 1. The van der Waals surface area contributed by atoms with Crippen LogP contribution in [0.3, 0.4) is 0 Å². The van der Waals surface area contributed by atoms with Crippen molar-refractivity contribution in [3.05, 3.63) is 35.9 Å². The summed E-state index contributed by atoms with van der Waals surface area (Å²) in [7, 11) is 0. The molecule has 0 saturated carbocycles. The molecule has 1 atom stereocenters. The van der Waals surface area contributed by atoms with Crippen LogP contribution in [0.15, 0.2) is 30.3 Å². The molecule has 3 nitrogen and oxygen atoms in total. The number of rotatable bonds is 6. The number of amides is 1. The van der Waals surface area contributed by atoms with E-state index in [4.69, 9.17) is 0 Å². The van der Waals surface area contributed by atoms with E-state index >= 15 is 0 Å². The van der Waals surface area contributed by atoms with Crippen molar-refractivity contribution in [3.8, 4) is 0 Å². The van der Waals surface area contributed by atoms with Gasteiger partial charge in [-0.1, -0.05) is 30.3 Å². The Morgan fingerprint density at radius 1 is 1.32 bits per heavy atom. The third kappa shape index (κ3) is 6.08. The molecule has 106 valence electrons. The summed E-state index contributed by atoms with van der Waals surface area (Å²) in [4.78, 5) is 11.7. The number of benzene rings is 1. The molecule has 0 aromatic heterocycles. The lowest BCUT2D eigenvalue weighted by Gasteiger charge is -2.11. The predicted octanol–water partition coefficient (Wildman–Crippen LogP) is 2.30. The second-order valence-corrected chi connectivity index (χ2v) is 4.94. The highest BCUT2D eigenvalue weighted by molar-refractivity contribution is 5.85. The van der Waals surface area contributed by atoms with Crippen LogP contribution >= 0.6 is 12.4 Å². The third-order valence-electron chi connectivity index (χ3n) is 3.42. The minimum absolute atomic E-state index is 0. The fourth-order valence-electron chi connectivity index (χ4n) is 2.35. The third-order valence-corrected chi connectivity index (χ3v) is 3.42. The van der Waals surface area contributed by atoms with Gasteiger partial charge in [0.05, 0.1) is 0 Å². The molecule has 1 saturated heterocycles. The summed E-state index contributed by atoms with van der Waals surface area (Å²) in [5, 5.41) is 6.39. The largest absolute Gasteiger partial charge is 0.355 e. The van der Waals surface area contributed by atoms with Gasteiger partial charge in [0.25, 0.3) is 0 Å². The van der Waals surface area contributed by atoms with Gasteiger partial charge >= 0.3 is 0 Å². The van der Waals surface area contributed by atoms with Crippen molar-refractivity contribution in [2.24, 2.45) is 0 Å². The second-order valence-electron chi connectivity index (χ2n) is 4.94. The van der Waals surface area contributed by atoms with Crippen LogP contribution in [0.4, 0.5) is 0 Å². The Morgan fingerprint density at radius 2 is 2.11 bits per heavy atom. The maximum Gasteiger partial charge on any atom is 0.220 e. The van der Waals surface area contributed by atoms with Crippen LogP contribution in [0.1, 0.15) is 31.2 Å². The molecule has 0 bridgehead atoms. The van der Waals surface area contributed by atoms with Crippen LogP contribution in [0, 0.1) is 0 Å². The summed E-state index contributed by atoms with van der Waals surface area (Å²) >= 11 is 0. The molecule has 0 aliphatic carbocycles. The molecule has 1 aliphatic rings. The molecule has 0 radical (unpaired) electrons. The van der Waals surface area contributed by atoms with Crippen LogP contribution in [0.5, 0.6) is 0 Å². The minimum atomic E-state index is 0. The van der Waals surface area contributed by atoms with Gasteiger partial charge in [0, 0.05) is 19.0 Å². The lowest BCUT2D eigenvalue weighted by Crippen LogP contribution is -2.37. The topological polar surface area (TPSA) is 41.1 Å². The van der Waals surface area contributed by atoms with E-state index in [0.717, 1.165) is 25.9 Å². The predicted molar refractivity (Wildman–Crippen MR) is 80.7 cm³/mol. The molecule has 1 aromatic rings. The average Bonchev–Trinajstić information content (AvgIpc) is 2.91. The van der Waals surface area contributed by atoms with Crippen LogP contribution in [0.2, 0.25) is 0 Å². The first kappa shape index (κ1) is 16.0. The number of halogens is 1. The highest BCUT2D eigenvalue weighted by atomic mass is 35.5. The van der Waals surface area contributed by atoms with Crippen LogP contribution in [-0.2, 0) is 11.2 Å². The molecule has 1 fully saturated rings. The first-order chi connectivity index (χ1) is 8.84. The molecule has 1 heterocycles. The molecule has 1 unspecified atom stereocenters. The summed E-state index contributed by atoms with van der Waals surface area (Å²) in [6.07, 6.45) is 4.95. The first-order valence-corrected chi connectivity index (χ1v) is 6.88. The van der Waals surface area contributed by atoms with Crippen LogP contribution in [0.25, 0.3) is 0 Å². The van der Waals surface area contributed by atoms with E-state index in [2.05, 4.69) is 22.8 Å². The summed E-state index contributed by atoms with van der Waals surface area (Å²) in [5.41, 5.74) is 1.31. The molecule has 2 N–H and O–H groups in total. The summed E-state index contributed by atoms with van der Waals surface area (Å²) in [6.45, 7) is 1.87. The average molecular weight is 283 g/mol. The summed E-state index contributed by atoms with van der Waals surface area (Å²) in [5.74, 6) is 0.180. The minimum Gasteiger partial charge on any atom is -0.355 e. The second kappa shape index (κ2) is 8.94. The highest BCUT2D eigenvalue weighted by Crippen LogP contribution is 2.05. The van der Waals surface area contributed by atoms with Gasteiger partial charge in [0.15, 0.2) is 0 Å².